The van der Waals surface area contributed by atoms with Crippen molar-refractivity contribution < 1.29 is 4.79 Å². The number of piperidine rings is 1. The average Bonchev–Trinajstić information content (AvgIpc) is 3.43. The van der Waals surface area contributed by atoms with E-state index in [1.165, 1.54) is 36.6 Å². The highest BCUT2D eigenvalue weighted by Crippen LogP contribution is 2.34. The fraction of sp³-hybridized carbons (Fsp3) is 0.409. The van der Waals surface area contributed by atoms with Crippen LogP contribution in [0, 0.1) is 6.92 Å². The first-order valence-electron chi connectivity index (χ1n) is 10.0. The molecule has 4 nitrogen and oxygen atoms in total. The van der Waals surface area contributed by atoms with Crippen LogP contribution < -0.4 is 0 Å². The van der Waals surface area contributed by atoms with Gasteiger partial charge in [-0.15, -0.1) is 11.3 Å². The minimum absolute atomic E-state index is 0.0199. The average molecular weight is 444 g/mol. The zero-order chi connectivity index (χ0) is 20.2. The highest BCUT2D eigenvalue weighted by molar-refractivity contribution is 8.23. The van der Waals surface area contributed by atoms with Crippen LogP contribution in [0.15, 0.2) is 46.9 Å². The Hall–Kier alpha value is -1.70. The number of nitrogens with zero attached hydrogens (tertiary/aromatic N) is 3. The Kier molecular flexibility index (Phi) is 6.67. The number of aryl methyl sites for hydroxylation is 1. The Bertz CT molecular complexity index is 887. The van der Waals surface area contributed by atoms with E-state index in [0.717, 1.165) is 40.0 Å². The van der Waals surface area contributed by atoms with E-state index in [9.17, 15) is 4.79 Å². The molecule has 1 aromatic heterocycles. The van der Waals surface area contributed by atoms with Crippen LogP contribution in [0.4, 0.5) is 0 Å². The number of hydrazone groups is 1. The van der Waals surface area contributed by atoms with Crippen molar-refractivity contribution in [3.05, 3.63) is 57.8 Å². The normalized spacial score (nSPS) is 19.3. The summed E-state index contributed by atoms with van der Waals surface area (Å²) in [6.07, 6.45) is 4.39. The lowest BCUT2D eigenvalue weighted by Gasteiger charge is -2.29. The van der Waals surface area contributed by atoms with Crippen LogP contribution in [0.2, 0.25) is 0 Å². The summed E-state index contributed by atoms with van der Waals surface area (Å²) in [6, 6.07) is 12.5. The predicted octanol–water partition coefficient (Wildman–Crippen LogP) is 5.24. The number of thiocarbonyl (C=S) groups is 1. The first-order chi connectivity index (χ1) is 14.1. The molecular weight excluding hydrogens is 418 g/mol. The number of carbonyl (C=O) groups excluding carboxylic acids is 1. The summed E-state index contributed by atoms with van der Waals surface area (Å²) in [5.41, 5.74) is 3.33. The highest BCUT2D eigenvalue weighted by Gasteiger charge is 2.33. The van der Waals surface area contributed by atoms with Crippen molar-refractivity contribution >= 4 is 51.3 Å². The molecule has 0 spiro atoms. The molecule has 1 saturated heterocycles. The van der Waals surface area contributed by atoms with Crippen LogP contribution in [0.5, 0.6) is 0 Å². The molecule has 2 aliphatic heterocycles. The van der Waals surface area contributed by atoms with Crippen LogP contribution in [-0.2, 0) is 4.79 Å². The molecule has 0 N–H and O–H groups in total. The molecule has 0 radical (unpaired) electrons. The van der Waals surface area contributed by atoms with Crippen LogP contribution in [0.3, 0.4) is 0 Å². The highest BCUT2D eigenvalue weighted by atomic mass is 32.2. The molecule has 3 heterocycles. The fourth-order valence-corrected chi connectivity index (χ4v) is 5.56. The minimum Gasteiger partial charge on any atom is -0.358 e. The first kappa shape index (κ1) is 20.6. The van der Waals surface area contributed by atoms with E-state index in [2.05, 4.69) is 47.5 Å². The van der Waals surface area contributed by atoms with Crippen molar-refractivity contribution in [2.45, 2.75) is 38.6 Å². The van der Waals surface area contributed by atoms with Crippen molar-refractivity contribution in [2.24, 2.45) is 5.10 Å². The van der Waals surface area contributed by atoms with Gasteiger partial charge in [-0.2, -0.15) is 5.10 Å². The fourth-order valence-electron chi connectivity index (χ4n) is 3.74. The summed E-state index contributed by atoms with van der Waals surface area (Å²) in [7, 11) is 0. The van der Waals surface area contributed by atoms with Gasteiger partial charge >= 0.3 is 0 Å². The number of hydrogen-bond acceptors (Lipinski definition) is 5. The SMILES string of the molecule is Cc1ccc([C@@H]2CC(c3cccs3)=NN2C(=O)CSC(=S)N2CCCCC2)cc1. The van der Waals surface area contributed by atoms with Crippen LogP contribution in [0.25, 0.3) is 0 Å². The van der Waals surface area contributed by atoms with Crippen LogP contribution in [-0.4, -0.2) is 44.7 Å². The third-order valence-corrected chi connectivity index (χ3v) is 7.79. The number of benzene rings is 1. The molecule has 2 aliphatic rings. The smallest absolute Gasteiger partial charge is 0.253 e. The van der Waals surface area contributed by atoms with Gasteiger partial charge in [0.25, 0.3) is 5.91 Å². The molecule has 1 aromatic carbocycles. The van der Waals surface area contributed by atoms with Gasteiger partial charge in [0.2, 0.25) is 0 Å². The first-order valence-corrected chi connectivity index (χ1v) is 12.3. The van der Waals surface area contributed by atoms with Crippen molar-refractivity contribution in [1.29, 1.82) is 0 Å². The Morgan fingerprint density at radius 1 is 1.21 bits per heavy atom. The largest absolute Gasteiger partial charge is 0.358 e. The quantitative estimate of drug-likeness (QED) is 0.606. The molecule has 1 atom stereocenters. The van der Waals surface area contributed by atoms with Crippen molar-refractivity contribution in [1.82, 2.24) is 9.91 Å². The van der Waals surface area contributed by atoms with Gasteiger partial charge in [-0.25, -0.2) is 5.01 Å². The van der Waals surface area contributed by atoms with E-state index in [0.29, 0.717) is 5.75 Å². The lowest BCUT2D eigenvalue weighted by atomic mass is 10.00. The molecule has 29 heavy (non-hydrogen) atoms. The molecule has 2 aromatic rings. The van der Waals surface area contributed by atoms with Crippen LogP contribution >= 0.6 is 35.3 Å². The summed E-state index contributed by atoms with van der Waals surface area (Å²) >= 11 is 8.72. The second-order valence-electron chi connectivity index (χ2n) is 7.50. The molecule has 1 fully saturated rings. The van der Waals surface area contributed by atoms with E-state index in [-0.39, 0.29) is 11.9 Å². The van der Waals surface area contributed by atoms with Crippen LogP contribution in [0.1, 0.15) is 47.7 Å². The number of rotatable bonds is 4. The molecule has 1 amide bonds. The standard InChI is InChI=1S/C22H25N3OS3/c1-16-7-9-17(10-8-16)19-14-18(20-6-5-13-28-20)23-25(19)21(26)15-29-22(27)24-11-3-2-4-12-24/h5-10,13,19H,2-4,11-12,14-15H2,1H3/t19-/m0/s1. The summed E-state index contributed by atoms with van der Waals surface area (Å²) in [5, 5.41) is 8.48. The molecular formula is C22H25N3OS3. The third kappa shape index (κ3) is 4.90. The number of likely N-dealkylation sites (tertiary alicyclic amines) is 1. The van der Waals surface area contributed by atoms with E-state index >= 15 is 0 Å². The van der Waals surface area contributed by atoms with Crippen molar-refractivity contribution in [2.75, 3.05) is 18.8 Å². The maximum absolute atomic E-state index is 13.1. The van der Waals surface area contributed by atoms with Crippen molar-refractivity contribution in [3.63, 3.8) is 0 Å². The van der Waals surface area contributed by atoms with Gasteiger partial charge in [-0.05, 0) is 43.2 Å². The van der Waals surface area contributed by atoms with Gasteiger partial charge in [-0.1, -0.05) is 59.9 Å². The monoisotopic (exact) mass is 443 g/mol. The summed E-state index contributed by atoms with van der Waals surface area (Å²) in [5.74, 6) is 0.352. The van der Waals surface area contributed by atoms with Gasteiger partial charge in [0.05, 0.1) is 22.4 Å². The maximum Gasteiger partial charge on any atom is 0.253 e. The predicted molar refractivity (Wildman–Crippen MR) is 127 cm³/mol. The Morgan fingerprint density at radius 2 is 1.97 bits per heavy atom. The van der Waals surface area contributed by atoms with E-state index in [4.69, 9.17) is 17.3 Å². The molecule has 0 aliphatic carbocycles. The third-order valence-electron chi connectivity index (χ3n) is 5.37. The summed E-state index contributed by atoms with van der Waals surface area (Å²) in [6.45, 7) is 4.10. The second kappa shape index (κ2) is 9.41. The van der Waals surface area contributed by atoms with Gasteiger partial charge in [0, 0.05) is 19.5 Å². The number of thiophene rings is 1. The molecule has 0 bridgehead atoms. The molecule has 7 heteroatoms. The van der Waals surface area contributed by atoms with Gasteiger partial charge < -0.3 is 4.90 Å². The second-order valence-corrected chi connectivity index (χ2v) is 10.1. The molecule has 152 valence electrons. The number of amides is 1. The Morgan fingerprint density at radius 3 is 2.66 bits per heavy atom. The summed E-state index contributed by atoms with van der Waals surface area (Å²) in [4.78, 5) is 16.5. The number of thioether (sulfide) groups is 1. The zero-order valence-corrected chi connectivity index (χ0v) is 19.0. The minimum atomic E-state index is -0.0515. The van der Waals surface area contributed by atoms with Crippen molar-refractivity contribution in [3.8, 4) is 0 Å². The molecule has 0 saturated carbocycles. The lowest BCUT2D eigenvalue weighted by Crippen LogP contribution is -2.34. The van der Waals surface area contributed by atoms with Gasteiger partial charge in [0.1, 0.15) is 4.32 Å². The summed E-state index contributed by atoms with van der Waals surface area (Å²) < 4.78 is 0.839. The number of hydrogen-bond donors (Lipinski definition) is 0. The Balaban J connectivity index is 1.48. The molecule has 4 rings (SSSR count). The lowest BCUT2D eigenvalue weighted by molar-refractivity contribution is -0.130. The van der Waals surface area contributed by atoms with Gasteiger partial charge in [-0.3, -0.25) is 4.79 Å². The topological polar surface area (TPSA) is 35.9 Å². The molecule has 0 unspecified atom stereocenters. The Labute approximate surface area is 186 Å². The van der Waals surface area contributed by atoms with E-state index in [1.54, 1.807) is 16.3 Å². The zero-order valence-electron chi connectivity index (χ0n) is 16.5. The van der Waals surface area contributed by atoms with Gasteiger partial charge in [0.15, 0.2) is 0 Å². The van der Waals surface area contributed by atoms with E-state index in [1.807, 2.05) is 6.07 Å². The van der Waals surface area contributed by atoms with E-state index < -0.39 is 0 Å². The number of carbonyl (C=O) groups is 1. The maximum atomic E-state index is 13.1.